The van der Waals surface area contributed by atoms with E-state index in [2.05, 4.69) is 43.5 Å². The van der Waals surface area contributed by atoms with Crippen molar-refractivity contribution >= 4 is 5.91 Å². The average molecular weight is 758 g/mol. The molecule has 0 aromatic rings. The summed E-state index contributed by atoms with van der Waals surface area (Å²) in [5, 5.41) is 22.9. The van der Waals surface area contributed by atoms with E-state index in [1.54, 1.807) is 6.08 Å². The van der Waals surface area contributed by atoms with Crippen molar-refractivity contribution in [1.29, 1.82) is 0 Å². The zero-order chi connectivity index (χ0) is 39.3. The Kier molecular flexibility index (Phi) is 44.8. The number of aliphatic hydroxyl groups is 2. The third kappa shape index (κ3) is 41.8. The molecule has 3 N–H and O–H groups in total. The van der Waals surface area contributed by atoms with Gasteiger partial charge in [0.25, 0.3) is 0 Å². The van der Waals surface area contributed by atoms with Crippen LogP contribution in [-0.2, 0) is 4.79 Å². The van der Waals surface area contributed by atoms with E-state index in [4.69, 9.17) is 0 Å². The van der Waals surface area contributed by atoms with Crippen molar-refractivity contribution in [2.45, 2.75) is 270 Å². The Morgan fingerprint density at radius 1 is 0.444 bits per heavy atom. The second-order valence-corrected chi connectivity index (χ2v) is 16.5. The molecule has 0 saturated carbocycles. The fourth-order valence-corrected chi connectivity index (χ4v) is 7.45. The lowest BCUT2D eigenvalue weighted by Gasteiger charge is -2.19. The Morgan fingerprint density at radius 2 is 0.741 bits per heavy atom. The van der Waals surface area contributed by atoms with Crippen LogP contribution in [0.25, 0.3) is 0 Å². The van der Waals surface area contributed by atoms with Crippen LogP contribution in [0, 0.1) is 0 Å². The largest absolute Gasteiger partial charge is 0.394 e. The molecule has 0 rings (SSSR count). The SMILES string of the molecule is CC/C=C/CC/C=C/CC/C=C/C(O)C(CO)NC(=O)CCCCCCCCCCCCCCCCCCCCCCCCCCCCCCCCCC. The normalized spacial score (nSPS) is 13.2. The Bertz CT molecular complexity index is 821. The number of nitrogens with one attached hydrogen (secondary N) is 1. The van der Waals surface area contributed by atoms with Crippen molar-refractivity contribution in [3.8, 4) is 0 Å². The van der Waals surface area contributed by atoms with Gasteiger partial charge in [-0.05, 0) is 38.5 Å². The highest BCUT2D eigenvalue weighted by molar-refractivity contribution is 5.76. The molecule has 4 nitrogen and oxygen atoms in total. The van der Waals surface area contributed by atoms with Crippen LogP contribution in [0.3, 0.4) is 0 Å². The number of allylic oxidation sites excluding steroid dienone is 5. The van der Waals surface area contributed by atoms with Crippen molar-refractivity contribution in [3.05, 3.63) is 36.5 Å². The molecule has 4 heteroatoms. The van der Waals surface area contributed by atoms with E-state index in [0.717, 1.165) is 44.9 Å². The first-order chi connectivity index (χ1) is 26.7. The van der Waals surface area contributed by atoms with Crippen LogP contribution in [0.1, 0.15) is 258 Å². The number of rotatable bonds is 44. The maximum Gasteiger partial charge on any atom is 0.220 e. The Balaban J connectivity index is 3.39. The molecule has 0 aliphatic heterocycles. The van der Waals surface area contributed by atoms with Gasteiger partial charge in [-0.15, -0.1) is 0 Å². The standard InChI is InChI=1S/C50H95NO3/c1-3-5-7-9-11-13-15-16-17-18-19-20-21-22-23-24-25-26-27-28-29-30-31-32-33-34-35-36-38-40-42-44-46-50(54)51-48(47-52)49(53)45-43-41-39-37-14-12-10-8-6-4-2/h6,8,14,37,43,45,48-49,52-53H,3-5,7,9-13,15-36,38-42,44,46-47H2,1-2H3,(H,51,54)/b8-6+,37-14+,45-43+. The Labute approximate surface area is 338 Å². The fourth-order valence-electron chi connectivity index (χ4n) is 7.45. The summed E-state index contributed by atoms with van der Waals surface area (Å²) >= 11 is 0. The molecule has 0 radical (unpaired) electrons. The molecule has 0 fully saturated rings. The predicted molar refractivity (Wildman–Crippen MR) is 239 cm³/mol. The molecule has 0 saturated heterocycles. The van der Waals surface area contributed by atoms with E-state index in [1.165, 1.54) is 193 Å². The minimum absolute atomic E-state index is 0.0767. The molecule has 1 amide bonds. The van der Waals surface area contributed by atoms with Crippen molar-refractivity contribution in [1.82, 2.24) is 5.32 Å². The minimum atomic E-state index is -0.865. The summed E-state index contributed by atoms with van der Waals surface area (Å²) in [5.41, 5.74) is 0. The van der Waals surface area contributed by atoms with Gasteiger partial charge in [0.05, 0.1) is 18.8 Å². The second-order valence-electron chi connectivity index (χ2n) is 16.5. The number of carbonyl (C=O) groups excluding carboxylic acids is 1. The zero-order valence-electron chi connectivity index (χ0n) is 36.5. The summed E-state index contributed by atoms with van der Waals surface area (Å²) in [6.45, 7) is 4.19. The summed E-state index contributed by atoms with van der Waals surface area (Å²) in [6, 6.07) is -0.641. The smallest absolute Gasteiger partial charge is 0.220 e. The van der Waals surface area contributed by atoms with Crippen LogP contribution in [-0.4, -0.2) is 34.9 Å². The molecule has 0 bridgehead atoms. The molecule has 0 spiro atoms. The number of carbonyl (C=O) groups is 1. The lowest BCUT2D eigenvalue weighted by Crippen LogP contribution is -2.45. The van der Waals surface area contributed by atoms with Gasteiger partial charge in [0.1, 0.15) is 0 Å². The van der Waals surface area contributed by atoms with Gasteiger partial charge in [0, 0.05) is 6.42 Å². The fraction of sp³-hybridized carbons (Fsp3) is 0.860. The Hall–Kier alpha value is -1.39. The van der Waals surface area contributed by atoms with E-state index < -0.39 is 12.1 Å². The maximum absolute atomic E-state index is 12.4. The van der Waals surface area contributed by atoms with E-state index in [9.17, 15) is 15.0 Å². The summed E-state index contributed by atoms with van der Waals surface area (Å²) in [7, 11) is 0. The molecule has 0 aliphatic rings. The van der Waals surface area contributed by atoms with Crippen LogP contribution < -0.4 is 5.32 Å². The number of aliphatic hydroxyl groups excluding tert-OH is 2. The van der Waals surface area contributed by atoms with Gasteiger partial charge in [0.15, 0.2) is 0 Å². The highest BCUT2D eigenvalue weighted by atomic mass is 16.3. The number of amides is 1. The highest BCUT2D eigenvalue weighted by Gasteiger charge is 2.17. The monoisotopic (exact) mass is 758 g/mol. The summed E-state index contributed by atoms with van der Waals surface area (Å²) in [6.07, 6.45) is 61.6. The van der Waals surface area contributed by atoms with Crippen LogP contribution in [0.15, 0.2) is 36.5 Å². The highest BCUT2D eigenvalue weighted by Crippen LogP contribution is 2.17. The average Bonchev–Trinajstić information content (AvgIpc) is 3.18. The van der Waals surface area contributed by atoms with E-state index in [-0.39, 0.29) is 12.5 Å². The zero-order valence-corrected chi connectivity index (χ0v) is 36.5. The van der Waals surface area contributed by atoms with Crippen molar-refractivity contribution in [2.75, 3.05) is 6.61 Å². The first-order valence-electron chi connectivity index (χ1n) is 24.2. The van der Waals surface area contributed by atoms with Crippen LogP contribution in [0.4, 0.5) is 0 Å². The minimum Gasteiger partial charge on any atom is -0.394 e. The molecule has 54 heavy (non-hydrogen) atoms. The van der Waals surface area contributed by atoms with Gasteiger partial charge >= 0.3 is 0 Å². The molecule has 2 atom stereocenters. The maximum atomic E-state index is 12.4. The van der Waals surface area contributed by atoms with E-state index in [1.807, 2.05) is 6.08 Å². The third-order valence-corrected chi connectivity index (χ3v) is 11.1. The lowest BCUT2D eigenvalue weighted by molar-refractivity contribution is -0.123. The van der Waals surface area contributed by atoms with Crippen molar-refractivity contribution in [3.63, 3.8) is 0 Å². The van der Waals surface area contributed by atoms with Gasteiger partial charge in [-0.2, -0.15) is 0 Å². The summed E-state index contributed by atoms with van der Waals surface area (Å²) < 4.78 is 0. The first kappa shape index (κ1) is 52.6. The summed E-state index contributed by atoms with van der Waals surface area (Å²) in [4.78, 5) is 12.4. The van der Waals surface area contributed by atoms with Gasteiger partial charge in [-0.25, -0.2) is 0 Å². The van der Waals surface area contributed by atoms with Crippen LogP contribution in [0.5, 0.6) is 0 Å². The van der Waals surface area contributed by atoms with Gasteiger partial charge in [0.2, 0.25) is 5.91 Å². The second kappa shape index (κ2) is 46.0. The van der Waals surface area contributed by atoms with E-state index >= 15 is 0 Å². The first-order valence-corrected chi connectivity index (χ1v) is 24.2. The van der Waals surface area contributed by atoms with Crippen LogP contribution in [0.2, 0.25) is 0 Å². The molecule has 0 heterocycles. The lowest BCUT2D eigenvalue weighted by atomic mass is 10.0. The van der Waals surface area contributed by atoms with E-state index in [0.29, 0.717) is 6.42 Å². The molecular weight excluding hydrogens is 663 g/mol. The number of unbranched alkanes of at least 4 members (excludes halogenated alkanes) is 33. The molecular formula is C50H95NO3. The predicted octanol–water partition coefficient (Wildman–Crippen LogP) is 15.4. The molecule has 2 unspecified atom stereocenters. The molecule has 0 aromatic carbocycles. The topological polar surface area (TPSA) is 69.6 Å². The van der Waals surface area contributed by atoms with Crippen LogP contribution >= 0.6 is 0 Å². The number of hydrogen-bond donors (Lipinski definition) is 3. The van der Waals surface area contributed by atoms with Gasteiger partial charge < -0.3 is 15.5 Å². The van der Waals surface area contributed by atoms with Crippen molar-refractivity contribution in [2.24, 2.45) is 0 Å². The molecule has 0 aromatic heterocycles. The van der Waals surface area contributed by atoms with Gasteiger partial charge in [-0.3, -0.25) is 4.79 Å². The quantitative estimate of drug-likeness (QED) is 0.0428. The molecule has 0 aliphatic carbocycles. The Morgan fingerprint density at radius 3 is 1.06 bits per heavy atom. The van der Waals surface area contributed by atoms with Gasteiger partial charge in [-0.1, -0.05) is 249 Å². The third-order valence-electron chi connectivity index (χ3n) is 11.1. The molecule has 318 valence electrons. The number of hydrogen-bond acceptors (Lipinski definition) is 3. The van der Waals surface area contributed by atoms with Crippen molar-refractivity contribution < 1.29 is 15.0 Å². The summed E-state index contributed by atoms with van der Waals surface area (Å²) in [5.74, 6) is -0.0767.